The number of halogens is 1. The van der Waals surface area contributed by atoms with Crippen molar-refractivity contribution in [3.8, 4) is 17.9 Å². The van der Waals surface area contributed by atoms with Gasteiger partial charge in [0.15, 0.2) is 11.6 Å². The molecule has 33 heavy (non-hydrogen) atoms. The van der Waals surface area contributed by atoms with E-state index in [0.717, 1.165) is 57.7 Å². The molecule has 1 unspecified atom stereocenters. The summed E-state index contributed by atoms with van der Waals surface area (Å²) < 4.78 is 19.5. The summed E-state index contributed by atoms with van der Waals surface area (Å²) in [5, 5.41) is 22.7. The standard InChI is InChI=1S/C26H35FN4OS/c1-5-33-19-22(4)26(20-29,21(2)3)9-6-10-30-11-13-31(14-12-30)15-16-32-25-8-7-23(18-28)17-24(25)27/h5,7-8,17,19,21H,1,6,9-16H2,2-4H3/b22-19+. The van der Waals surface area contributed by atoms with Crippen molar-refractivity contribution in [2.45, 2.75) is 33.6 Å². The second-order valence-electron chi connectivity index (χ2n) is 8.73. The maximum Gasteiger partial charge on any atom is 0.166 e. The Bertz CT molecular complexity index is 897. The SMILES string of the molecule is C=CS/C=C(\C)C(C#N)(CCCN1CCN(CCOc2ccc(C#N)cc2F)CC1)C(C)C. The van der Waals surface area contributed by atoms with Crippen LogP contribution in [0.3, 0.4) is 0 Å². The highest BCUT2D eigenvalue weighted by molar-refractivity contribution is 8.04. The quantitative estimate of drug-likeness (QED) is 0.406. The van der Waals surface area contributed by atoms with E-state index >= 15 is 0 Å². The van der Waals surface area contributed by atoms with E-state index in [4.69, 9.17) is 10.00 Å². The van der Waals surface area contributed by atoms with Gasteiger partial charge < -0.3 is 9.64 Å². The zero-order valence-corrected chi connectivity index (χ0v) is 20.8. The van der Waals surface area contributed by atoms with Crippen LogP contribution in [0.2, 0.25) is 0 Å². The minimum absolute atomic E-state index is 0.189. The number of rotatable bonds is 12. The summed E-state index contributed by atoms with van der Waals surface area (Å²) >= 11 is 1.54. The van der Waals surface area contributed by atoms with Gasteiger partial charge in [0.1, 0.15) is 6.61 Å². The zero-order chi connectivity index (χ0) is 24.3. The Hall–Kier alpha value is -2.32. The normalized spacial score (nSPS) is 17.2. The molecular formula is C26H35FN4OS. The lowest BCUT2D eigenvalue weighted by Gasteiger charge is -2.36. The number of hydrogen-bond acceptors (Lipinski definition) is 6. The predicted octanol–water partition coefficient (Wildman–Crippen LogP) is 5.42. The van der Waals surface area contributed by atoms with Crippen molar-refractivity contribution in [2.24, 2.45) is 11.3 Å². The van der Waals surface area contributed by atoms with Gasteiger partial charge in [-0.3, -0.25) is 4.90 Å². The molecule has 0 aromatic heterocycles. The zero-order valence-electron chi connectivity index (χ0n) is 20.0. The maximum absolute atomic E-state index is 13.9. The van der Waals surface area contributed by atoms with Crippen molar-refractivity contribution in [2.75, 3.05) is 45.9 Å². The number of ether oxygens (including phenoxy) is 1. The van der Waals surface area contributed by atoms with Gasteiger partial charge >= 0.3 is 0 Å². The first-order valence-corrected chi connectivity index (χ1v) is 12.4. The Morgan fingerprint density at radius 1 is 1.24 bits per heavy atom. The van der Waals surface area contributed by atoms with Gasteiger partial charge in [-0.2, -0.15) is 10.5 Å². The van der Waals surface area contributed by atoms with E-state index in [0.29, 0.717) is 12.2 Å². The van der Waals surface area contributed by atoms with Crippen molar-refractivity contribution in [1.29, 1.82) is 10.5 Å². The van der Waals surface area contributed by atoms with Crippen LogP contribution in [0, 0.1) is 39.8 Å². The molecule has 0 saturated carbocycles. The average molecular weight is 471 g/mol. The van der Waals surface area contributed by atoms with Gasteiger partial charge in [-0.15, -0.1) is 11.8 Å². The summed E-state index contributed by atoms with van der Waals surface area (Å²) in [4.78, 5) is 4.78. The molecule has 1 aromatic carbocycles. The molecule has 178 valence electrons. The molecule has 0 N–H and O–H groups in total. The molecule has 1 aromatic rings. The van der Waals surface area contributed by atoms with Crippen LogP contribution in [0.25, 0.3) is 0 Å². The number of nitriles is 2. The van der Waals surface area contributed by atoms with Gasteiger partial charge in [-0.05, 0) is 66.8 Å². The molecule has 0 amide bonds. The summed E-state index contributed by atoms with van der Waals surface area (Å²) in [6.45, 7) is 16.1. The topological polar surface area (TPSA) is 63.3 Å². The minimum atomic E-state index is -0.498. The third-order valence-electron chi connectivity index (χ3n) is 6.47. The van der Waals surface area contributed by atoms with E-state index < -0.39 is 11.2 Å². The summed E-state index contributed by atoms with van der Waals surface area (Å²) in [6.07, 6.45) is 1.84. The number of piperazine rings is 1. The third kappa shape index (κ3) is 7.61. The molecule has 1 aliphatic rings. The molecule has 1 heterocycles. The fourth-order valence-electron chi connectivity index (χ4n) is 4.26. The van der Waals surface area contributed by atoms with Gasteiger partial charge in [0.25, 0.3) is 0 Å². The van der Waals surface area contributed by atoms with E-state index in [1.165, 1.54) is 23.9 Å². The van der Waals surface area contributed by atoms with E-state index in [-0.39, 0.29) is 11.7 Å². The molecule has 0 radical (unpaired) electrons. The minimum Gasteiger partial charge on any atom is -0.489 e. The largest absolute Gasteiger partial charge is 0.489 e. The highest BCUT2D eigenvalue weighted by Crippen LogP contribution is 2.40. The molecule has 0 bridgehead atoms. The molecule has 1 fully saturated rings. The molecule has 0 aliphatic carbocycles. The number of nitrogens with zero attached hydrogens (tertiary/aromatic N) is 4. The van der Waals surface area contributed by atoms with Crippen LogP contribution < -0.4 is 4.74 Å². The predicted molar refractivity (Wildman–Crippen MR) is 133 cm³/mol. The monoisotopic (exact) mass is 470 g/mol. The molecule has 1 saturated heterocycles. The van der Waals surface area contributed by atoms with Gasteiger partial charge in [-0.1, -0.05) is 20.4 Å². The molecule has 2 rings (SSSR count). The summed E-state index contributed by atoms with van der Waals surface area (Å²) in [5.74, 6) is -0.0570. The van der Waals surface area contributed by atoms with Crippen molar-refractivity contribution in [3.63, 3.8) is 0 Å². The average Bonchev–Trinajstić information content (AvgIpc) is 2.82. The second kappa shape index (κ2) is 13.4. The summed E-state index contributed by atoms with van der Waals surface area (Å²) in [6, 6.07) is 8.81. The Labute approximate surface area is 202 Å². The van der Waals surface area contributed by atoms with Crippen LogP contribution in [0.4, 0.5) is 4.39 Å². The van der Waals surface area contributed by atoms with Crippen LogP contribution in [-0.4, -0.2) is 55.7 Å². The molecular weight excluding hydrogens is 435 g/mol. The number of benzene rings is 1. The highest BCUT2D eigenvalue weighted by atomic mass is 32.2. The first-order valence-electron chi connectivity index (χ1n) is 11.5. The Morgan fingerprint density at radius 2 is 1.91 bits per heavy atom. The van der Waals surface area contributed by atoms with Gasteiger partial charge in [0.2, 0.25) is 0 Å². The molecule has 1 aliphatic heterocycles. The van der Waals surface area contributed by atoms with Crippen LogP contribution in [-0.2, 0) is 0 Å². The van der Waals surface area contributed by atoms with Crippen molar-refractivity contribution in [3.05, 3.63) is 52.5 Å². The van der Waals surface area contributed by atoms with Crippen LogP contribution in [0.5, 0.6) is 5.75 Å². The fourth-order valence-corrected chi connectivity index (χ4v) is 4.77. The van der Waals surface area contributed by atoms with E-state index in [1.54, 1.807) is 11.5 Å². The third-order valence-corrected chi connectivity index (χ3v) is 7.15. The fraction of sp³-hybridized carbons (Fsp3) is 0.538. The second-order valence-corrected chi connectivity index (χ2v) is 9.57. The molecule has 1 atom stereocenters. The number of hydrogen-bond donors (Lipinski definition) is 0. The van der Waals surface area contributed by atoms with E-state index in [1.807, 2.05) is 6.07 Å². The van der Waals surface area contributed by atoms with Crippen molar-refractivity contribution < 1.29 is 9.13 Å². The lowest BCUT2D eigenvalue weighted by atomic mass is 9.70. The van der Waals surface area contributed by atoms with Gasteiger partial charge in [-0.25, -0.2) is 4.39 Å². The van der Waals surface area contributed by atoms with Crippen LogP contribution in [0.1, 0.15) is 39.2 Å². The summed E-state index contributed by atoms with van der Waals surface area (Å²) in [7, 11) is 0. The Morgan fingerprint density at radius 3 is 2.45 bits per heavy atom. The van der Waals surface area contributed by atoms with Gasteiger partial charge in [0.05, 0.1) is 23.1 Å². The summed E-state index contributed by atoms with van der Waals surface area (Å²) in [5.41, 5.74) is 0.974. The van der Waals surface area contributed by atoms with Crippen molar-refractivity contribution in [1.82, 2.24) is 9.80 Å². The Balaban J connectivity index is 1.75. The smallest absolute Gasteiger partial charge is 0.166 e. The Kier molecular flexibility index (Phi) is 10.9. The first-order chi connectivity index (χ1) is 15.9. The van der Waals surface area contributed by atoms with Crippen LogP contribution >= 0.6 is 11.8 Å². The molecule has 7 heteroatoms. The van der Waals surface area contributed by atoms with E-state index in [2.05, 4.69) is 48.6 Å². The molecule has 5 nitrogen and oxygen atoms in total. The number of thioether (sulfide) groups is 1. The van der Waals surface area contributed by atoms with Crippen molar-refractivity contribution >= 4 is 11.8 Å². The maximum atomic E-state index is 13.9. The lowest BCUT2D eigenvalue weighted by molar-refractivity contribution is 0.112. The van der Waals surface area contributed by atoms with E-state index in [9.17, 15) is 9.65 Å². The van der Waals surface area contributed by atoms with Gasteiger partial charge in [0, 0.05) is 32.7 Å². The van der Waals surface area contributed by atoms with Crippen LogP contribution in [0.15, 0.2) is 41.2 Å². The highest BCUT2D eigenvalue weighted by Gasteiger charge is 2.35. The molecule has 0 spiro atoms. The number of allylic oxidation sites excluding steroid dienone is 1. The first kappa shape index (κ1) is 26.9. The lowest BCUT2D eigenvalue weighted by Crippen LogP contribution is -2.47.